The third-order valence-electron chi connectivity index (χ3n) is 6.01. The maximum atomic E-state index is 13.6. The second kappa shape index (κ2) is 12.2. The van der Waals surface area contributed by atoms with Crippen LogP contribution in [0.15, 0.2) is 72.9 Å². The van der Waals surface area contributed by atoms with E-state index in [4.69, 9.17) is 15.2 Å². The maximum absolute atomic E-state index is 13.6. The third-order valence-corrected chi connectivity index (χ3v) is 6.01. The highest BCUT2D eigenvalue weighted by Crippen LogP contribution is 2.33. The van der Waals surface area contributed by atoms with Gasteiger partial charge in [0.2, 0.25) is 5.91 Å². The van der Waals surface area contributed by atoms with Gasteiger partial charge in [-0.25, -0.2) is 4.98 Å². The zero-order valence-electron chi connectivity index (χ0n) is 22.2. The first-order chi connectivity index (χ1) is 18.4. The van der Waals surface area contributed by atoms with Crippen molar-refractivity contribution in [2.75, 3.05) is 30.0 Å². The van der Waals surface area contributed by atoms with Crippen LogP contribution in [0.25, 0.3) is 10.8 Å². The van der Waals surface area contributed by atoms with Gasteiger partial charge in [0, 0.05) is 36.6 Å². The fourth-order valence-corrected chi connectivity index (χ4v) is 4.21. The molecule has 3 aromatic carbocycles. The van der Waals surface area contributed by atoms with E-state index in [0.717, 1.165) is 33.3 Å². The van der Waals surface area contributed by atoms with Crippen LogP contribution in [0.4, 0.5) is 17.2 Å². The number of nitrogens with one attached hydrogen (secondary N) is 3. The number of carbonyl (C=O) groups is 1. The molecule has 4 aromatic rings. The van der Waals surface area contributed by atoms with Crippen molar-refractivity contribution in [1.82, 2.24) is 10.3 Å². The molecule has 1 heterocycles. The number of benzene rings is 3. The summed E-state index contributed by atoms with van der Waals surface area (Å²) in [5.41, 5.74) is 9.54. The number of anilines is 3. The molecule has 1 aromatic heterocycles. The molecule has 1 unspecified atom stereocenters. The first-order valence-corrected chi connectivity index (χ1v) is 12.8. The van der Waals surface area contributed by atoms with Gasteiger partial charge in [-0.05, 0) is 85.8 Å². The van der Waals surface area contributed by atoms with Crippen molar-refractivity contribution in [1.29, 1.82) is 0 Å². The van der Waals surface area contributed by atoms with Gasteiger partial charge in [0.25, 0.3) is 0 Å². The van der Waals surface area contributed by atoms with Crippen LogP contribution in [0.1, 0.15) is 37.9 Å². The number of aromatic nitrogens is 1. The van der Waals surface area contributed by atoms with E-state index in [2.05, 4.69) is 20.9 Å². The molecule has 0 aliphatic carbocycles. The van der Waals surface area contributed by atoms with Gasteiger partial charge < -0.3 is 31.2 Å². The lowest BCUT2D eigenvalue weighted by Crippen LogP contribution is -2.33. The summed E-state index contributed by atoms with van der Waals surface area (Å²) < 4.78 is 11.8. The Kier molecular flexibility index (Phi) is 8.53. The van der Waals surface area contributed by atoms with Gasteiger partial charge in [0.05, 0.1) is 12.7 Å². The normalized spacial score (nSPS) is 11.7. The van der Waals surface area contributed by atoms with E-state index < -0.39 is 6.04 Å². The Morgan fingerprint density at radius 2 is 1.84 bits per heavy atom. The van der Waals surface area contributed by atoms with Gasteiger partial charge >= 0.3 is 0 Å². The van der Waals surface area contributed by atoms with E-state index in [1.54, 1.807) is 6.20 Å². The molecule has 1 amide bonds. The van der Waals surface area contributed by atoms with Crippen molar-refractivity contribution >= 4 is 33.9 Å². The minimum absolute atomic E-state index is 0.00910. The van der Waals surface area contributed by atoms with Crippen molar-refractivity contribution in [3.8, 4) is 11.5 Å². The zero-order valence-corrected chi connectivity index (χ0v) is 22.2. The quantitative estimate of drug-likeness (QED) is 0.209. The Morgan fingerprint density at radius 3 is 2.61 bits per heavy atom. The van der Waals surface area contributed by atoms with Crippen LogP contribution in [0.2, 0.25) is 0 Å². The number of nitrogens with zero attached hydrogens (tertiary/aromatic N) is 1. The predicted octanol–water partition coefficient (Wildman–Crippen LogP) is 5.51. The van der Waals surface area contributed by atoms with E-state index in [0.29, 0.717) is 30.5 Å². The molecule has 0 aliphatic heterocycles. The van der Waals surface area contributed by atoms with Crippen molar-refractivity contribution in [2.24, 2.45) is 0 Å². The van der Waals surface area contributed by atoms with Crippen molar-refractivity contribution in [3.05, 3.63) is 84.1 Å². The number of amides is 1. The van der Waals surface area contributed by atoms with Crippen molar-refractivity contribution in [2.45, 2.75) is 39.5 Å². The number of hydrogen-bond acceptors (Lipinski definition) is 7. The lowest BCUT2D eigenvalue weighted by molar-refractivity contribution is -0.122. The van der Waals surface area contributed by atoms with Crippen LogP contribution in [-0.2, 0) is 11.3 Å². The van der Waals surface area contributed by atoms with Crippen LogP contribution < -0.4 is 31.2 Å². The third kappa shape index (κ3) is 6.45. The average Bonchev–Trinajstić information content (AvgIpc) is 2.91. The summed E-state index contributed by atoms with van der Waals surface area (Å²) >= 11 is 0. The highest BCUT2D eigenvalue weighted by atomic mass is 16.5. The van der Waals surface area contributed by atoms with E-state index in [9.17, 15) is 4.79 Å². The number of carbonyl (C=O) groups excluding carboxylic acids is 1. The van der Waals surface area contributed by atoms with Crippen LogP contribution in [0, 0.1) is 0 Å². The van der Waals surface area contributed by atoms with Gasteiger partial charge in [-0.2, -0.15) is 0 Å². The molecule has 0 radical (unpaired) electrons. The summed E-state index contributed by atoms with van der Waals surface area (Å²) in [4.78, 5) is 17.8. The molecule has 8 nitrogen and oxygen atoms in total. The predicted molar refractivity (Wildman–Crippen MR) is 154 cm³/mol. The molecule has 0 saturated carbocycles. The summed E-state index contributed by atoms with van der Waals surface area (Å²) in [6, 6.07) is 20.5. The van der Waals surface area contributed by atoms with Crippen molar-refractivity contribution in [3.63, 3.8) is 0 Å². The molecule has 0 saturated heterocycles. The summed E-state index contributed by atoms with van der Waals surface area (Å²) in [5.74, 6) is 1.53. The molecular weight excluding hydrogens is 478 g/mol. The number of rotatable bonds is 11. The van der Waals surface area contributed by atoms with Gasteiger partial charge in [0.15, 0.2) is 11.5 Å². The highest BCUT2D eigenvalue weighted by Gasteiger charge is 2.23. The van der Waals surface area contributed by atoms with Crippen LogP contribution >= 0.6 is 0 Å². The maximum Gasteiger partial charge on any atom is 0.247 e. The minimum atomic E-state index is -0.688. The number of fused-ring (bicyclic) bond motifs is 1. The smallest absolute Gasteiger partial charge is 0.247 e. The zero-order chi connectivity index (χ0) is 27.1. The lowest BCUT2D eigenvalue weighted by Gasteiger charge is -2.22. The molecule has 0 fully saturated rings. The highest BCUT2D eigenvalue weighted by molar-refractivity contribution is 5.94. The average molecular weight is 514 g/mol. The fourth-order valence-electron chi connectivity index (χ4n) is 4.21. The number of hydrogen-bond donors (Lipinski definition) is 4. The second-order valence-electron chi connectivity index (χ2n) is 9.18. The molecule has 1 atom stereocenters. The number of nitrogens with two attached hydrogens (primary N) is 1. The van der Waals surface area contributed by atoms with E-state index in [1.165, 1.54) is 0 Å². The molecule has 5 N–H and O–H groups in total. The Bertz CT molecular complexity index is 1410. The molecule has 8 heteroatoms. The molecule has 38 heavy (non-hydrogen) atoms. The molecule has 0 spiro atoms. The largest absolute Gasteiger partial charge is 0.490 e. The van der Waals surface area contributed by atoms with Gasteiger partial charge in [0.1, 0.15) is 11.9 Å². The standard InChI is InChI=1S/C30H35N5O3/c1-5-37-27-17-22(9-12-26(27)38-19(2)3)28(30(36)34-18-20-7-6-8-23(15-20)32-4)35-24-10-11-25-21(16-24)13-14-33-29(25)31/h6-17,19,28,32,35H,5,18H2,1-4H3,(H2,31,33)(H,34,36). The fraction of sp³-hybridized carbons (Fsp3) is 0.267. The summed E-state index contributed by atoms with van der Waals surface area (Å²) in [5, 5.41) is 11.4. The topological polar surface area (TPSA) is 111 Å². The van der Waals surface area contributed by atoms with Gasteiger partial charge in [-0.3, -0.25) is 4.79 Å². The first-order valence-electron chi connectivity index (χ1n) is 12.8. The van der Waals surface area contributed by atoms with Crippen LogP contribution in [-0.4, -0.2) is 30.6 Å². The molecule has 0 bridgehead atoms. The molecule has 0 aliphatic rings. The van der Waals surface area contributed by atoms with E-state index >= 15 is 0 Å². The number of nitrogen functional groups attached to an aromatic ring is 1. The summed E-state index contributed by atoms with van der Waals surface area (Å²) in [6.07, 6.45) is 1.66. The molecule has 4 rings (SSSR count). The van der Waals surface area contributed by atoms with Gasteiger partial charge in [-0.1, -0.05) is 18.2 Å². The molecule has 198 valence electrons. The van der Waals surface area contributed by atoms with Crippen LogP contribution in [0.5, 0.6) is 11.5 Å². The number of pyridine rings is 1. The van der Waals surface area contributed by atoms with Gasteiger partial charge in [-0.15, -0.1) is 0 Å². The second-order valence-corrected chi connectivity index (χ2v) is 9.18. The van der Waals surface area contributed by atoms with Crippen molar-refractivity contribution < 1.29 is 14.3 Å². The Hall–Kier alpha value is -4.46. The SMILES string of the molecule is CCOc1cc(C(Nc2ccc3c(N)nccc3c2)C(=O)NCc2cccc(NC)c2)ccc1OC(C)C. The Morgan fingerprint density at radius 1 is 1.00 bits per heavy atom. The van der Waals surface area contributed by atoms with E-state index in [-0.39, 0.29) is 12.0 Å². The monoisotopic (exact) mass is 513 g/mol. The molecular formula is C30H35N5O3. The number of ether oxygens (including phenoxy) is 2. The Balaban J connectivity index is 1.66. The lowest BCUT2D eigenvalue weighted by atomic mass is 10.0. The van der Waals surface area contributed by atoms with Crippen LogP contribution in [0.3, 0.4) is 0 Å². The minimum Gasteiger partial charge on any atom is -0.490 e. The summed E-state index contributed by atoms with van der Waals surface area (Å²) in [6.45, 7) is 6.71. The first kappa shape index (κ1) is 26.6. The van der Waals surface area contributed by atoms with E-state index in [1.807, 2.05) is 94.5 Å². The Labute approximate surface area is 223 Å². The summed E-state index contributed by atoms with van der Waals surface area (Å²) in [7, 11) is 1.87.